The van der Waals surface area contributed by atoms with E-state index in [-0.39, 0.29) is 17.6 Å². The van der Waals surface area contributed by atoms with Gasteiger partial charge < -0.3 is 10.2 Å². The van der Waals surface area contributed by atoms with Gasteiger partial charge in [-0.3, -0.25) is 14.9 Å². The number of nitro benzene ring substituents is 1. The highest BCUT2D eigenvalue weighted by Crippen LogP contribution is 2.40. The van der Waals surface area contributed by atoms with Crippen LogP contribution in [0.15, 0.2) is 47.2 Å². The molecule has 0 spiro atoms. The average Bonchev–Trinajstić information content (AvgIpc) is 3.38. The van der Waals surface area contributed by atoms with Crippen molar-refractivity contribution in [3.05, 3.63) is 78.2 Å². The van der Waals surface area contributed by atoms with Gasteiger partial charge in [-0.25, -0.2) is 0 Å². The number of hydrogen-bond acceptors (Lipinski definition) is 6. The molecule has 1 aromatic carbocycles. The molecule has 0 saturated heterocycles. The molecule has 4 rings (SSSR count). The van der Waals surface area contributed by atoms with Crippen molar-refractivity contribution in [3.63, 3.8) is 0 Å². The van der Waals surface area contributed by atoms with Crippen molar-refractivity contribution in [2.45, 2.75) is 19.4 Å². The van der Waals surface area contributed by atoms with Crippen LogP contribution < -0.4 is 5.32 Å². The summed E-state index contributed by atoms with van der Waals surface area (Å²) in [4.78, 5) is 28.6. The summed E-state index contributed by atoms with van der Waals surface area (Å²) in [6, 6.07) is 10.6. The molecule has 6 nitrogen and oxygen atoms in total. The molecule has 28 heavy (non-hydrogen) atoms. The van der Waals surface area contributed by atoms with Crippen LogP contribution in [0.2, 0.25) is 0 Å². The van der Waals surface area contributed by atoms with Gasteiger partial charge in [-0.1, -0.05) is 6.07 Å². The summed E-state index contributed by atoms with van der Waals surface area (Å²) in [5, 5.41) is 18.5. The molecule has 144 valence electrons. The number of nitrogens with one attached hydrogen (secondary N) is 1. The van der Waals surface area contributed by atoms with Gasteiger partial charge in [-0.05, 0) is 53.9 Å². The van der Waals surface area contributed by atoms with E-state index in [1.807, 2.05) is 29.3 Å². The second-order valence-corrected chi connectivity index (χ2v) is 8.46. The second-order valence-electron chi connectivity index (χ2n) is 6.48. The Morgan fingerprint density at radius 3 is 2.86 bits per heavy atom. The van der Waals surface area contributed by atoms with Crippen LogP contribution in [0.4, 0.5) is 11.4 Å². The monoisotopic (exact) mass is 413 g/mol. The number of nitrogens with zero attached hydrogens (tertiary/aromatic N) is 2. The van der Waals surface area contributed by atoms with Crippen molar-refractivity contribution in [3.8, 4) is 0 Å². The van der Waals surface area contributed by atoms with Crippen LogP contribution in [0.25, 0.3) is 0 Å². The average molecular weight is 414 g/mol. The van der Waals surface area contributed by atoms with Crippen LogP contribution in [0.5, 0.6) is 0 Å². The number of amides is 1. The second kappa shape index (κ2) is 7.73. The van der Waals surface area contributed by atoms with Crippen molar-refractivity contribution in [1.82, 2.24) is 4.90 Å². The quantitative estimate of drug-likeness (QED) is 0.475. The van der Waals surface area contributed by atoms with Gasteiger partial charge in [0.1, 0.15) is 5.69 Å². The van der Waals surface area contributed by atoms with Crippen molar-refractivity contribution in [1.29, 1.82) is 0 Å². The Kier molecular flexibility index (Phi) is 5.15. The Labute approximate surface area is 170 Å². The molecule has 2 aromatic heterocycles. The highest BCUT2D eigenvalue weighted by atomic mass is 32.1. The Hall–Kier alpha value is -2.71. The summed E-state index contributed by atoms with van der Waals surface area (Å²) >= 11 is 3.34. The minimum atomic E-state index is -0.446. The maximum atomic E-state index is 13.4. The molecule has 1 amide bonds. The van der Waals surface area contributed by atoms with Crippen LogP contribution in [0.3, 0.4) is 0 Å². The van der Waals surface area contributed by atoms with Crippen molar-refractivity contribution in [2.75, 3.05) is 18.4 Å². The zero-order valence-electron chi connectivity index (χ0n) is 15.3. The van der Waals surface area contributed by atoms with Gasteiger partial charge in [0.15, 0.2) is 0 Å². The summed E-state index contributed by atoms with van der Waals surface area (Å²) in [5.41, 5.74) is 1.85. The molecule has 1 unspecified atom stereocenters. The van der Waals surface area contributed by atoms with E-state index >= 15 is 0 Å². The largest absolute Gasteiger partial charge is 0.380 e. The van der Waals surface area contributed by atoms with Gasteiger partial charge in [0, 0.05) is 34.5 Å². The Bertz CT molecular complexity index is 1010. The number of nitro groups is 1. The fourth-order valence-electron chi connectivity index (χ4n) is 3.61. The third-order valence-corrected chi connectivity index (χ3v) is 6.77. The predicted molar refractivity (Wildman–Crippen MR) is 112 cm³/mol. The number of carbonyl (C=O) groups excluding carboxylic acids is 1. The SMILES string of the molecule is CCNc1ccc(C(=O)N2CCc3sccc3C2c2cccs2)cc1[N+](=O)[O-]. The van der Waals surface area contributed by atoms with Gasteiger partial charge in [0.2, 0.25) is 0 Å². The number of carbonyl (C=O) groups is 1. The Morgan fingerprint density at radius 2 is 2.14 bits per heavy atom. The normalized spacial score (nSPS) is 15.9. The van der Waals surface area contributed by atoms with Crippen LogP contribution in [0.1, 0.15) is 38.6 Å². The third-order valence-electron chi connectivity index (χ3n) is 4.85. The van der Waals surface area contributed by atoms with Gasteiger partial charge in [0.25, 0.3) is 11.6 Å². The first kappa shape index (κ1) is 18.6. The van der Waals surface area contributed by atoms with Gasteiger partial charge in [-0.2, -0.15) is 0 Å². The number of hydrogen-bond donors (Lipinski definition) is 1. The maximum absolute atomic E-state index is 13.4. The molecule has 1 aliphatic heterocycles. The summed E-state index contributed by atoms with van der Waals surface area (Å²) in [6.07, 6.45) is 0.804. The Morgan fingerprint density at radius 1 is 1.29 bits per heavy atom. The molecular weight excluding hydrogens is 394 g/mol. The van der Waals surface area contributed by atoms with Crippen LogP contribution in [0, 0.1) is 10.1 Å². The minimum Gasteiger partial charge on any atom is -0.380 e. The summed E-state index contributed by atoms with van der Waals surface area (Å²) in [5.74, 6) is -0.179. The summed E-state index contributed by atoms with van der Waals surface area (Å²) in [6.45, 7) is 3.04. The Balaban J connectivity index is 1.73. The van der Waals surface area contributed by atoms with E-state index in [9.17, 15) is 14.9 Å². The van der Waals surface area contributed by atoms with E-state index in [1.54, 1.807) is 34.8 Å². The number of benzene rings is 1. The third kappa shape index (κ3) is 3.29. The van der Waals surface area contributed by atoms with E-state index < -0.39 is 4.92 Å². The predicted octanol–water partition coefficient (Wildman–Crippen LogP) is 4.94. The number of rotatable bonds is 5. The molecule has 3 heterocycles. The molecule has 0 radical (unpaired) electrons. The molecule has 0 aliphatic carbocycles. The summed E-state index contributed by atoms with van der Waals surface area (Å²) in [7, 11) is 0. The first-order chi connectivity index (χ1) is 13.6. The highest BCUT2D eigenvalue weighted by molar-refractivity contribution is 7.10. The van der Waals surface area contributed by atoms with Crippen LogP contribution >= 0.6 is 22.7 Å². The summed E-state index contributed by atoms with van der Waals surface area (Å²) < 4.78 is 0. The molecule has 1 atom stereocenters. The van der Waals surface area contributed by atoms with E-state index in [4.69, 9.17) is 0 Å². The lowest BCUT2D eigenvalue weighted by Crippen LogP contribution is -2.39. The van der Waals surface area contributed by atoms with Crippen LogP contribution in [-0.2, 0) is 6.42 Å². The molecule has 1 aliphatic rings. The number of fused-ring (bicyclic) bond motifs is 1. The van der Waals surface area contributed by atoms with E-state index in [1.165, 1.54) is 10.9 Å². The smallest absolute Gasteiger partial charge is 0.293 e. The zero-order valence-corrected chi connectivity index (χ0v) is 16.9. The molecular formula is C20H19N3O3S2. The zero-order chi connectivity index (χ0) is 19.7. The molecule has 3 aromatic rings. The molecule has 0 bridgehead atoms. The fraction of sp³-hybridized carbons (Fsp3) is 0.250. The molecule has 8 heteroatoms. The van der Waals surface area contributed by atoms with Gasteiger partial charge in [-0.15, -0.1) is 22.7 Å². The van der Waals surface area contributed by atoms with Crippen molar-refractivity contribution >= 4 is 40.0 Å². The lowest BCUT2D eigenvalue weighted by atomic mass is 9.97. The lowest BCUT2D eigenvalue weighted by Gasteiger charge is -2.35. The number of thiophene rings is 2. The molecule has 0 fully saturated rings. The van der Waals surface area contributed by atoms with E-state index in [0.717, 1.165) is 16.9 Å². The van der Waals surface area contributed by atoms with E-state index in [2.05, 4.69) is 16.8 Å². The van der Waals surface area contributed by atoms with Crippen molar-refractivity contribution in [2.24, 2.45) is 0 Å². The standard InChI is InChI=1S/C20H19N3O3S2/c1-2-21-15-6-5-13(12-16(15)23(25)26)20(24)22-9-7-17-14(8-11-28-17)19(22)18-4-3-10-27-18/h3-6,8,10-12,19,21H,2,7,9H2,1H3. The maximum Gasteiger partial charge on any atom is 0.293 e. The van der Waals surface area contributed by atoms with Crippen LogP contribution in [-0.4, -0.2) is 28.8 Å². The van der Waals surface area contributed by atoms with Gasteiger partial charge in [0.05, 0.1) is 11.0 Å². The van der Waals surface area contributed by atoms with Gasteiger partial charge >= 0.3 is 0 Å². The highest BCUT2D eigenvalue weighted by Gasteiger charge is 2.34. The van der Waals surface area contributed by atoms with Crippen molar-refractivity contribution < 1.29 is 9.72 Å². The molecule has 1 N–H and O–H groups in total. The van der Waals surface area contributed by atoms with E-state index in [0.29, 0.717) is 24.3 Å². The molecule has 0 saturated carbocycles. The minimum absolute atomic E-state index is 0.0754. The first-order valence-electron chi connectivity index (χ1n) is 9.03. The lowest BCUT2D eigenvalue weighted by molar-refractivity contribution is -0.384. The topological polar surface area (TPSA) is 75.5 Å². The number of anilines is 1. The first-order valence-corrected chi connectivity index (χ1v) is 10.8. The fourth-order valence-corrected chi connectivity index (χ4v) is 5.37.